The van der Waals surface area contributed by atoms with Crippen LogP contribution in [0.2, 0.25) is 0 Å². The molecule has 0 heteroatoms. The van der Waals surface area contributed by atoms with Gasteiger partial charge in [-0.25, -0.2) is 0 Å². The van der Waals surface area contributed by atoms with Gasteiger partial charge in [0.2, 0.25) is 0 Å². The predicted molar refractivity (Wildman–Crippen MR) is 116 cm³/mol. The van der Waals surface area contributed by atoms with Crippen LogP contribution in [0.15, 0.2) is 115 Å². The lowest BCUT2D eigenvalue weighted by atomic mass is 9.85. The van der Waals surface area contributed by atoms with Gasteiger partial charge in [-0.1, -0.05) is 121 Å². The van der Waals surface area contributed by atoms with E-state index >= 15 is 0 Å². The minimum atomic E-state index is 1.23. The van der Waals surface area contributed by atoms with Gasteiger partial charge in [0.1, 0.15) is 0 Å². The zero-order valence-electron chi connectivity index (χ0n) is 15.5. The summed E-state index contributed by atoms with van der Waals surface area (Å²) in [6.07, 6.45) is 0. The standard InChI is InChI=1S/C27H22/c1-21-17-19-25(20-18-21)27(24-15-9-4-10-16-24)26(22-11-5-2-6-12-22)23-13-7-3-8-14-23/h2-20H,1H3. The van der Waals surface area contributed by atoms with Crippen LogP contribution in [-0.2, 0) is 0 Å². The van der Waals surface area contributed by atoms with E-state index in [1.54, 1.807) is 0 Å². The first-order valence-electron chi connectivity index (χ1n) is 9.30. The molecule has 4 aromatic rings. The van der Waals surface area contributed by atoms with E-state index in [-0.39, 0.29) is 0 Å². The van der Waals surface area contributed by atoms with Gasteiger partial charge in [0.25, 0.3) is 0 Å². The van der Waals surface area contributed by atoms with Gasteiger partial charge < -0.3 is 0 Å². The Morgan fingerprint density at radius 1 is 0.370 bits per heavy atom. The average Bonchev–Trinajstić information content (AvgIpc) is 2.75. The highest BCUT2D eigenvalue weighted by Gasteiger charge is 2.15. The summed E-state index contributed by atoms with van der Waals surface area (Å²) < 4.78 is 0. The molecule has 0 unspecified atom stereocenters. The highest BCUT2D eigenvalue weighted by molar-refractivity contribution is 6.04. The van der Waals surface area contributed by atoms with Crippen molar-refractivity contribution in [2.75, 3.05) is 0 Å². The summed E-state index contributed by atoms with van der Waals surface area (Å²) >= 11 is 0. The molecular weight excluding hydrogens is 324 g/mol. The third-order valence-electron chi connectivity index (χ3n) is 4.78. The molecule has 0 saturated carbocycles. The zero-order chi connectivity index (χ0) is 18.5. The van der Waals surface area contributed by atoms with Crippen LogP contribution < -0.4 is 0 Å². The second-order valence-corrected chi connectivity index (χ2v) is 6.71. The van der Waals surface area contributed by atoms with Crippen LogP contribution in [0.4, 0.5) is 0 Å². The molecule has 0 N–H and O–H groups in total. The monoisotopic (exact) mass is 346 g/mol. The fourth-order valence-corrected chi connectivity index (χ4v) is 3.45. The third-order valence-corrected chi connectivity index (χ3v) is 4.78. The molecule has 4 rings (SSSR count). The Hall–Kier alpha value is -3.38. The summed E-state index contributed by atoms with van der Waals surface area (Å²) in [5, 5.41) is 0. The topological polar surface area (TPSA) is 0 Å². The molecule has 0 heterocycles. The summed E-state index contributed by atoms with van der Waals surface area (Å²) in [7, 11) is 0. The maximum Gasteiger partial charge on any atom is -0.00268 e. The van der Waals surface area contributed by atoms with Gasteiger partial charge >= 0.3 is 0 Å². The van der Waals surface area contributed by atoms with Gasteiger partial charge in [0.05, 0.1) is 0 Å². The molecule has 0 bridgehead atoms. The lowest BCUT2D eigenvalue weighted by molar-refractivity contribution is 1.44. The molecular formula is C27H22. The molecule has 0 aliphatic heterocycles. The fraction of sp³-hybridized carbons (Fsp3) is 0.0370. The number of hydrogen-bond acceptors (Lipinski definition) is 0. The van der Waals surface area contributed by atoms with Crippen molar-refractivity contribution >= 4 is 11.1 Å². The lowest BCUT2D eigenvalue weighted by Crippen LogP contribution is -1.97. The van der Waals surface area contributed by atoms with Crippen LogP contribution in [0.5, 0.6) is 0 Å². The van der Waals surface area contributed by atoms with Crippen molar-refractivity contribution < 1.29 is 0 Å². The van der Waals surface area contributed by atoms with Crippen molar-refractivity contribution in [2.24, 2.45) is 0 Å². The van der Waals surface area contributed by atoms with Gasteiger partial charge in [0.15, 0.2) is 0 Å². The Bertz CT molecular complexity index is 984. The van der Waals surface area contributed by atoms with Gasteiger partial charge in [0, 0.05) is 0 Å². The van der Waals surface area contributed by atoms with Crippen LogP contribution in [0.1, 0.15) is 27.8 Å². The van der Waals surface area contributed by atoms with Gasteiger partial charge in [-0.2, -0.15) is 0 Å². The third kappa shape index (κ3) is 3.75. The normalized spacial score (nSPS) is 10.4. The average molecular weight is 346 g/mol. The molecule has 0 atom stereocenters. The van der Waals surface area contributed by atoms with Gasteiger partial charge in [-0.3, -0.25) is 0 Å². The molecule has 0 spiro atoms. The van der Waals surface area contributed by atoms with Crippen LogP contribution in [0.25, 0.3) is 11.1 Å². The van der Waals surface area contributed by atoms with Gasteiger partial charge in [-0.15, -0.1) is 0 Å². The fourth-order valence-electron chi connectivity index (χ4n) is 3.45. The Labute approximate surface area is 161 Å². The van der Waals surface area contributed by atoms with Crippen LogP contribution in [0, 0.1) is 6.92 Å². The largest absolute Gasteiger partial charge is 0.0622 e. The first-order chi connectivity index (χ1) is 13.3. The molecule has 130 valence electrons. The van der Waals surface area contributed by atoms with Crippen molar-refractivity contribution in [2.45, 2.75) is 6.92 Å². The van der Waals surface area contributed by atoms with E-state index in [2.05, 4.69) is 122 Å². The van der Waals surface area contributed by atoms with Crippen LogP contribution >= 0.6 is 0 Å². The van der Waals surface area contributed by atoms with Crippen molar-refractivity contribution in [3.05, 3.63) is 143 Å². The zero-order valence-corrected chi connectivity index (χ0v) is 15.5. The maximum absolute atomic E-state index is 2.23. The van der Waals surface area contributed by atoms with E-state index in [1.807, 2.05) is 0 Å². The van der Waals surface area contributed by atoms with Crippen molar-refractivity contribution in [3.8, 4) is 0 Å². The maximum atomic E-state index is 2.23. The molecule has 0 saturated heterocycles. The molecule has 4 aromatic carbocycles. The summed E-state index contributed by atoms with van der Waals surface area (Å²) in [4.78, 5) is 0. The molecule has 0 nitrogen and oxygen atoms in total. The van der Waals surface area contributed by atoms with Crippen molar-refractivity contribution in [3.63, 3.8) is 0 Å². The SMILES string of the molecule is Cc1ccc(C(=C(c2ccccc2)c2ccccc2)c2ccccc2)cc1. The molecule has 0 amide bonds. The van der Waals surface area contributed by atoms with E-state index in [9.17, 15) is 0 Å². The quantitative estimate of drug-likeness (QED) is 0.349. The van der Waals surface area contributed by atoms with Crippen molar-refractivity contribution in [1.82, 2.24) is 0 Å². The van der Waals surface area contributed by atoms with E-state index in [4.69, 9.17) is 0 Å². The second-order valence-electron chi connectivity index (χ2n) is 6.71. The van der Waals surface area contributed by atoms with Gasteiger partial charge in [-0.05, 0) is 40.3 Å². The molecule has 0 radical (unpaired) electrons. The minimum Gasteiger partial charge on any atom is -0.0622 e. The van der Waals surface area contributed by atoms with Crippen molar-refractivity contribution in [1.29, 1.82) is 0 Å². The number of rotatable bonds is 4. The van der Waals surface area contributed by atoms with E-state index in [1.165, 1.54) is 39.0 Å². The predicted octanol–water partition coefficient (Wildman–Crippen LogP) is 7.00. The molecule has 0 aromatic heterocycles. The Balaban J connectivity index is 2.08. The summed E-state index contributed by atoms with van der Waals surface area (Å²) in [6, 6.07) is 40.8. The Kier molecular flexibility index (Phi) is 4.98. The number of hydrogen-bond donors (Lipinski definition) is 0. The lowest BCUT2D eigenvalue weighted by Gasteiger charge is -2.18. The molecule has 0 aliphatic rings. The molecule has 0 fully saturated rings. The first-order valence-corrected chi connectivity index (χ1v) is 9.30. The van der Waals surface area contributed by atoms with Crippen LogP contribution in [-0.4, -0.2) is 0 Å². The number of benzene rings is 4. The number of aryl methyl sites for hydroxylation is 1. The molecule has 0 aliphatic carbocycles. The van der Waals surface area contributed by atoms with E-state index in [0.29, 0.717) is 0 Å². The highest BCUT2D eigenvalue weighted by Crippen LogP contribution is 2.36. The van der Waals surface area contributed by atoms with E-state index in [0.717, 1.165) is 0 Å². The van der Waals surface area contributed by atoms with E-state index < -0.39 is 0 Å². The summed E-state index contributed by atoms with van der Waals surface area (Å²) in [5.41, 5.74) is 8.69. The second kappa shape index (κ2) is 7.88. The van der Waals surface area contributed by atoms with Crippen LogP contribution in [0.3, 0.4) is 0 Å². The Morgan fingerprint density at radius 3 is 1.00 bits per heavy atom. The smallest absolute Gasteiger partial charge is 0.00268 e. The summed E-state index contributed by atoms with van der Waals surface area (Å²) in [6.45, 7) is 2.13. The highest BCUT2D eigenvalue weighted by atomic mass is 14.2. The Morgan fingerprint density at radius 2 is 0.667 bits per heavy atom. The minimum absolute atomic E-state index is 1.23. The first kappa shape index (κ1) is 17.1. The summed E-state index contributed by atoms with van der Waals surface area (Å²) in [5.74, 6) is 0. The molecule has 27 heavy (non-hydrogen) atoms.